The minimum absolute atomic E-state index is 0.00897. The highest BCUT2D eigenvalue weighted by molar-refractivity contribution is 6.04. The van der Waals surface area contributed by atoms with Crippen molar-refractivity contribution in [2.75, 3.05) is 36.5 Å². The van der Waals surface area contributed by atoms with Crippen LogP contribution in [0.15, 0.2) is 18.2 Å². The van der Waals surface area contributed by atoms with Crippen molar-refractivity contribution in [2.45, 2.75) is 25.2 Å². The molecule has 3 atom stereocenters. The minimum atomic E-state index is -0.562. The number of carbonyl (C=O) groups excluding carboxylic acids is 1. The van der Waals surface area contributed by atoms with Crippen LogP contribution in [0.3, 0.4) is 0 Å². The second-order valence-electron chi connectivity index (χ2n) is 5.77. The van der Waals surface area contributed by atoms with Gasteiger partial charge in [0, 0.05) is 31.4 Å². The average molecular weight is 291 g/mol. The Hall–Kier alpha value is -1.63. The Bertz CT molecular complexity index is 563. The van der Waals surface area contributed by atoms with Crippen LogP contribution < -0.4 is 15.5 Å². The van der Waals surface area contributed by atoms with E-state index < -0.39 is 6.04 Å². The Labute approximate surface area is 124 Å². The summed E-state index contributed by atoms with van der Waals surface area (Å²) in [6, 6.07) is 5.34. The van der Waals surface area contributed by atoms with Gasteiger partial charge in [0.1, 0.15) is 6.04 Å². The second kappa shape index (κ2) is 5.29. The number of aliphatic hydroxyl groups excluding tert-OH is 1. The number of carbonyl (C=O) groups is 1. The van der Waals surface area contributed by atoms with Gasteiger partial charge in [-0.05, 0) is 19.1 Å². The van der Waals surface area contributed by atoms with E-state index in [9.17, 15) is 9.90 Å². The number of morpholine rings is 1. The van der Waals surface area contributed by atoms with E-state index in [4.69, 9.17) is 10.5 Å². The molecule has 2 aliphatic rings. The molecule has 21 heavy (non-hydrogen) atoms. The van der Waals surface area contributed by atoms with Crippen molar-refractivity contribution in [1.29, 1.82) is 0 Å². The lowest BCUT2D eigenvalue weighted by atomic mass is 10.1. The van der Waals surface area contributed by atoms with Crippen molar-refractivity contribution in [3.63, 3.8) is 0 Å². The SMILES string of the molecule is CC1CN(c2ccc3c(c2)N(C)C(=O)C3N)CC(CO)O1. The molecule has 0 bridgehead atoms. The van der Waals surface area contributed by atoms with Crippen LogP contribution in [0.4, 0.5) is 11.4 Å². The maximum atomic E-state index is 11.9. The number of hydrogen-bond acceptors (Lipinski definition) is 5. The maximum absolute atomic E-state index is 11.9. The highest BCUT2D eigenvalue weighted by Crippen LogP contribution is 2.36. The zero-order chi connectivity index (χ0) is 15.1. The highest BCUT2D eigenvalue weighted by Gasteiger charge is 2.33. The maximum Gasteiger partial charge on any atom is 0.248 e. The van der Waals surface area contributed by atoms with Crippen LogP contribution in [0, 0.1) is 0 Å². The summed E-state index contributed by atoms with van der Waals surface area (Å²) < 4.78 is 5.66. The number of fused-ring (bicyclic) bond motifs is 1. The normalized spacial score (nSPS) is 29.0. The van der Waals surface area contributed by atoms with Gasteiger partial charge in [0.15, 0.2) is 0 Å². The summed E-state index contributed by atoms with van der Waals surface area (Å²) in [5, 5.41) is 9.32. The monoisotopic (exact) mass is 291 g/mol. The van der Waals surface area contributed by atoms with E-state index in [1.165, 1.54) is 0 Å². The molecule has 3 rings (SSSR count). The van der Waals surface area contributed by atoms with Gasteiger partial charge in [0.05, 0.1) is 24.5 Å². The molecule has 3 unspecified atom stereocenters. The van der Waals surface area contributed by atoms with Gasteiger partial charge in [-0.15, -0.1) is 0 Å². The molecule has 0 aromatic heterocycles. The lowest BCUT2D eigenvalue weighted by molar-refractivity contribution is -0.118. The van der Waals surface area contributed by atoms with Gasteiger partial charge < -0.3 is 25.4 Å². The lowest BCUT2D eigenvalue weighted by Gasteiger charge is -2.37. The van der Waals surface area contributed by atoms with Gasteiger partial charge in [-0.3, -0.25) is 4.79 Å². The standard InChI is InChI=1S/C15H21N3O3/c1-9-6-18(7-11(8-19)21-9)10-3-4-12-13(5-10)17(2)15(20)14(12)16/h3-5,9,11,14,19H,6-8,16H2,1-2H3. The predicted molar refractivity (Wildman–Crippen MR) is 80.4 cm³/mol. The fraction of sp³-hybridized carbons (Fsp3) is 0.533. The van der Waals surface area contributed by atoms with E-state index in [2.05, 4.69) is 4.90 Å². The molecule has 1 amide bonds. The van der Waals surface area contributed by atoms with Crippen molar-refractivity contribution in [3.8, 4) is 0 Å². The molecular formula is C15H21N3O3. The lowest BCUT2D eigenvalue weighted by Crippen LogP contribution is -2.48. The Morgan fingerprint density at radius 2 is 2.19 bits per heavy atom. The first-order chi connectivity index (χ1) is 10.0. The average Bonchev–Trinajstić information content (AvgIpc) is 2.71. The molecule has 2 heterocycles. The first-order valence-electron chi connectivity index (χ1n) is 7.19. The summed E-state index contributed by atoms with van der Waals surface area (Å²) in [6.07, 6.45) is -0.116. The first-order valence-corrected chi connectivity index (χ1v) is 7.19. The van der Waals surface area contributed by atoms with E-state index in [1.807, 2.05) is 25.1 Å². The van der Waals surface area contributed by atoms with Gasteiger partial charge in [0.25, 0.3) is 0 Å². The molecule has 1 saturated heterocycles. The van der Waals surface area contributed by atoms with E-state index >= 15 is 0 Å². The molecule has 114 valence electrons. The molecule has 1 fully saturated rings. The van der Waals surface area contributed by atoms with Gasteiger partial charge in [0.2, 0.25) is 5.91 Å². The Balaban J connectivity index is 1.89. The second-order valence-corrected chi connectivity index (χ2v) is 5.77. The van der Waals surface area contributed by atoms with Crippen molar-refractivity contribution in [1.82, 2.24) is 0 Å². The van der Waals surface area contributed by atoms with Crippen LogP contribution in [-0.4, -0.2) is 50.0 Å². The molecule has 0 saturated carbocycles. The van der Waals surface area contributed by atoms with Crippen molar-refractivity contribution in [2.24, 2.45) is 5.73 Å². The van der Waals surface area contributed by atoms with Crippen LogP contribution in [-0.2, 0) is 9.53 Å². The number of anilines is 2. The molecule has 3 N–H and O–H groups in total. The third-order valence-electron chi connectivity index (χ3n) is 4.20. The number of aliphatic hydroxyl groups is 1. The van der Waals surface area contributed by atoms with E-state index in [0.29, 0.717) is 6.54 Å². The van der Waals surface area contributed by atoms with Crippen molar-refractivity contribution >= 4 is 17.3 Å². The molecule has 1 aromatic rings. The highest BCUT2D eigenvalue weighted by atomic mass is 16.5. The summed E-state index contributed by atoms with van der Waals surface area (Å²) in [4.78, 5) is 15.7. The third kappa shape index (κ3) is 2.39. The number of nitrogens with two attached hydrogens (primary N) is 1. The van der Waals surface area contributed by atoms with E-state index in [0.717, 1.165) is 23.5 Å². The third-order valence-corrected chi connectivity index (χ3v) is 4.20. The summed E-state index contributed by atoms with van der Waals surface area (Å²) >= 11 is 0. The first kappa shape index (κ1) is 14.3. The topological polar surface area (TPSA) is 79.0 Å². The Morgan fingerprint density at radius 3 is 2.90 bits per heavy atom. The largest absolute Gasteiger partial charge is 0.394 e. The fourth-order valence-corrected chi connectivity index (χ4v) is 3.10. The van der Waals surface area contributed by atoms with E-state index in [1.54, 1.807) is 11.9 Å². The zero-order valence-corrected chi connectivity index (χ0v) is 12.3. The fourth-order valence-electron chi connectivity index (χ4n) is 3.10. The van der Waals surface area contributed by atoms with Crippen LogP contribution in [0.25, 0.3) is 0 Å². The summed E-state index contributed by atoms with van der Waals surface area (Å²) in [6.45, 7) is 3.41. The molecule has 6 heteroatoms. The van der Waals surface area contributed by atoms with Gasteiger partial charge in [-0.25, -0.2) is 0 Å². The molecule has 0 radical (unpaired) electrons. The van der Waals surface area contributed by atoms with Crippen LogP contribution in [0.2, 0.25) is 0 Å². The van der Waals surface area contributed by atoms with Crippen LogP contribution in [0.5, 0.6) is 0 Å². The number of rotatable bonds is 2. The van der Waals surface area contributed by atoms with Crippen LogP contribution >= 0.6 is 0 Å². The molecule has 0 spiro atoms. The smallest absolute Gasteiger partial charge is 0.248 e. The molecular weight excluding hydrogens is 270 g/mol. The number of benzene rings is 1. The van der Waals surface area contributed by atoms with E-state index in [-0.39, 0.29) is 24.7 Å². The number of amides is 1. The zero-order valence-electron chi connectivity index (χ0n) is 12.3. The quantitative estimate of drug-likeness (QED) is 0.816. The number of ether oxygens (including phenoxy) is 1. The minimum Gasteiger partial charge on any atom is -0.394 e. The summed E-state index contributed by atoms with van der Waals surface area (Å²) in [5.41, 5.74) is 8.67. The number of nitrogens with zero attached hydrogens (tertiary/aromatic N) is 2. The number of likely N-dealkylation sites (N-methyl/N-ethyl adjacent to an activating group) is 1. The molecule has 6 nitrogen and oxygen atoms in total. The van der Waals surface area contributed by atoms with Gasteiger partial charge >= 0.3 is 0 Å². The van der Waals surface area contributed by atoms with Gasteiger partial charge in [-0.2, -0.15) is 0 Å². The molecule has 2 aliphatic heterocycles. The molecule has 0 aliphatic carbocycles. The van der Waals surface area contributed by atoms with Crippen LogP contribution in [0.1, 0.15) is 18.5 Å². The van der Waals surface area contributed by atoms with Crippen molar-refractivity contribution in [3.05, 3.63) is 23.8 Å². The summed E-state index contributed by atoms with van der Waals surface area (Å²) in [5.74, 6) is -0.0780. The van der Waals surface area contributed by atoms with Crippen molar-refractivity contribution < 1.29 is 14.6 Å². The Morgan fingerprint density at radius 1 is 1.43 bits per heavy atom. The van der Waals surface area contributed by atoms with Gasteiger partial charge in [-0.1, -0.05) is 6.07 Å². The number of hydrogen-bond donors (Lipinski definition) is 2. The molecule has 1 aromatic carbocycles. The predicted octanol–water partition coefficient (Wildman–Crippen LogP) is 0.249. The Kier molecular flexibility index (Phi) is 3.61. The summed E-state index contributed by atoms with van der Waals surface area (Å²) in [7, 11) is 1.75.